The number of nitrogens with zero attached hydrogens (tertiary/aromatic N) is 1. The van der Waals surface area contributed by atoms with E-state index in [0.29, 0.717) is 11.4 Å². The van der Waals surface area contributed by atoms with Gasteiger partial charge in [0.15, 0.2) is 0 Å². The van der Waals surface area contributed by atoms with Crippen molar-refractivity contribution in [3.8, 4) is 5.75 Å². The zero-order valence-corrected chi connectivity index (χ0v) is 11.3. The van der Waals surface area contributed by atoms with E-state index in [9.17, 15) is 9.59 Å². The number of carbonyl (C=O) groups is 2. The molecule has 0 aliphatic carbocycles. The number of carboxylic acid groups (broad SMARTS) is 1. The van der Waals surface area contributed by atoms with Crippen molar-refractivity contribution in [2.24, 2.45) is 0 Å². The van der Waals surface area contributed by atoms with E-state index in [4.69, 9.17) is 9.84 Å². The largest absolute Gasteiger partial charge is 0.478 e. The second kappa shape index (κ2) is 6.38. The number of ether oxygens (including phenoxy) is 1. The quantitative estimate of drug-likeness (QED) is 0.781. The molecule has 1 atom stereocenters. The van der Waals surface area contributed by atoms with Crippen molar-refractivity contribution in [3.05, 3.63) is 24.3 Å². The minimum Gasteiger partial charge on any atom is -0.478 e. The van der Waals surface area contributed by atoms with Gasteiger partial charge in [0.1, 0.15) is 5.75 Å². The van der Waals surface area contributed by atoms with Crippen molar-refractivity contribution in [1.29, 1.82) is 0 Å². The first kappa shape index (κ1) is 14.3. The number of carbonyl (C=O) groups excluding carboxylic acids is 1. The number of amides is 1. The average molecular weight is 278 g/mol. The molecule has 0 bridgehead atoms. The van der Waals surface area contributed by atoms with Crippen LogP contribution in [0.4, 0.5) is 5.69 Å². The van der Waals surface area contributed by atoms with Gasteiger partial charge in [-0.15, -0.1) is 0 Å². The number of anilines is 1. The molecule has 0 saturated heterocycles. The van der Waals surface area contributed by atoms with Gasteiger partial charge < -0.3 is 20.1 Å². The molecule has 1 amide bonds. The third-order valence-corrected chi connectivity index (χ3v) is 3.05. The Bertz CT molecular complexity index is 504. The molecule has 1 heterocycles. The highest BCUT2D eigenvalue weighted by Crippen LogP contribution is 2.33. The van der Waals surface area contributed by atoms with Gasteiger partial charge in [-0.2, -0.15) is 0 Å². The van der Waals surface area contributed by atoms with E-state index in [2.05, 4.69) is 5.32 Å². The van der Waals surface area contributed by atoms with Crippen LogP contribution in [0.3, 0.4) is 0 Å². The Hall–Kier alpha value is -2.08. The topological polar surface area (TPSA) is 78.9 Å². The highest BCUT2D eigenvalue weighted by atomic mass is 16.5. The van der Waals surface area contributed by atoms with Crippen LogP contribution in [0.2, 0.25) is 0 Å². The number of para-hydroxylation sites is 2. The molecule has 1 aliphatic heterocycles. The number of hydrogen-bond acceptors (Lipinski definition) is 4. The summed E-state index contributed by atoms with van der Waals surface area (Å²) in [6.07, 6.45) is -0.0925. The highest BCUT2D eigenvalue weighted by Gasteiger charge is 2.33. The number of carboxylic acids is 1. The van der Waals surface area contributed by atoms with Crippen molar-refractivity contribution in [2.45, 2.75) is 19.4 Å². The van der Waals surface area contributed by atoms with Crippen LogP contribution in [0.5, 0.6) is 5.75 Å². The Morgan fingerprint density at radius 3 is 2.90 bits per heavy atom. The van der Waals surface area contributed by atoms with Crippen LogP contribution >= 0.6 is 0 Å². The normalized spacial score (nSPS) is 17.2. The molecule has 1 aromatic rings. The van der Waals surface area contributed by atoms with Crippen LogP contribution in [-0.4, -0.2) is 42.7 Å². The molecule has 0 fully saturated rings. The molecule has 0 spiro atoms. The summed E-state index contributed by atoms with van der Waals surface area (Å²) in [7, 11) is 0. The Balaban J connectivity index is 2.18. The molecule has 1 aliphatic rings. The Morgan fingerprint density at radius 1 is 1.45 bits per heavy atom. The maximum absolute atomic E-state index is 12.2. The molecule has 2 rings (SSSR count). The number of hydrogen-bond donors (Lipinski definition) is 2. The molecule has 1 aromatic carbocycles. The van der Waals surface area contributed by atoms with Gasteiger partial charge in [-0.05, 0) is 25.1 Å². The summed E-state index contributed by atoms with van der Waals surface area (Å²) < 4.78 is 5.39. The van der Waals surface area contributed by atoms with Crippen molar-refractivity contribution in [1.82, 2.24) is 5.32 Å². The first-order valence-electron chi connectivity index (χ1n) is 6.63. The second-order valence-corrected chi connectivity index (χ2v) is 4.59. The summed E-state index contributed by atoms with van der Waals surface area (Å²) in [5.41, 5.74) is 0.619. The van der Waals surface area contributed by atoms with Crippen LogP contribution < -0.4 is 15.0 Å². The average Bonchev–Trinajstić information content (AvgIpc) is 2.46. The Labute approximate surface area is 117 Å². The SMILES string of the molecule is CCCNCC(=O)N1CC(C(=O)O)Oc2ccccc21. The maximum Gasteiger partial charge on any atom is 0.346 e. The van der Waals surface area contributed by atoms with Gasteiger partial charge in [-0.1, -0.05) is 19.1 Å². The molecular weight excluding hydrogens is 260 g/mol. The second-order valence-electron chi connectivity index (χ2n) is 4.59. The number of rotatable bonds is 5. The van der Waals surface area contributed by atoms with Crippen LogP contribution in [0.15, 0.2) is 24.3 Å². The van der Waals surface area contributed by atoms with Crippen LogP contribution in [0.1, 0.15) is 13.3 Å². The van der Waals surface area contributed by atoms with E-state index >= 15 is 0 Å². The minimum atomic E-state index is -1.07. The standard InChI is InChI=1S/C14H18N2O4/c1-2-7-15-8-13(17)16-9-12(14(18)19)20-11-6-4-3-5-10(11)16/h3-6,12,15H,2,7-9H2,1H3,(H,18,19). The molecular formula is C14H18N2O4. The first-order valence-corrected chi connectivity index (χ1v) is 6.63. The number of fused-ring (bicyclic) bond motifs is 1. The van der Waals surface area contributed by atoms with Crippen molar-refractivity contribution < 1.29 is 19.4 Å². The number of aliphatic carboxylic acids is 1. The lowest BCUT2D eigenvalue weighted by Gasteiger charge is -2.33. The fourth-order valence-corrected chi connectivity index (χ4v) is 2.07. The third-order valence-electron chi connectivity index (χ3n) is 3.05. The fraction of sp³-hybridized carbons (Fsp3) is 0.429. The van der Waals surface area contributed by atoms with Crippen LogP contribution in [-0.2, 0) is 9.59 Å². The zero-order valence-electron chi connectivity index (χ0n) is 11.3. The fourth-order valence-electron chi connectivity index (χ4n) is 2.07. The lowest BCUT2D eigenvalue weighted by molar-refractivity contribution is -0.145. The Kier molecular flexibility index (Phi) is 4.57. The van der Waals surface area contributed by atoms with E-state index in [1.54, 1.807) is 24.3 Å². The lowest BCUT2D eigenvalue weighted by atomic mass is 10.2. The van der Waals surface area contributed by atoms with Gasteiger partial charge >= 0.3 is 5.97 Å². The smallest absolute Gasteiger partial charge is 0.346 e. The summed E-state index contributed by atoms with van der Waals surface area (Å²) in [5, 5.41) is 12.1. The van der Waals surface area contributed by atoms with Gasteiger partial charge in [0.25, 0.3) is 0 Å². The van der Waals surface area contributed by atoms with Gasteiger partial charge in [0, 0.05) is 0 Å². The first-order chi connectivity index (χ1) is 9.63. The summed E-state index contributed by atoms with van der Waals surface area (Å²) in [4.78, 5) is 24.8. The molecule has 2 N–H and O–H groups in total. The van der Waals surface area contributed by atoms with Crippen molar-refractivity contribution >= 4 is 17.6 Å². The van der Waals surface area contributed by atoms with E-state index in [1.807, 2.05) is 6.92 Å². The predicted octanol–water partition coefficient (Wildman–Crippen LogP) is 0.865. The van der Waals surface area contributed by atoms with Gasteiger partial charge in [0.2, 0.25) is 12.0 Å². The maximum atomic E-state index is 12.2. The van der Waals surface area contributed by atoms with Gasteiger partial charge in [-0.25, -0.2) is 4.79 Å². The third kappa shape index (κ3) is 3.08. The lowest BCUT2D eigenvalue weighted by Crippen LogP contribution is -2.49. The number of benzene rings is 1. The molecule has 1 unspecified atom stereocenters. The van der Waals surface area contributed by atoms with Gasteiger partial charge in [-0.3, -0.25) is 4.79 Å². The zero-order chi connectivity index (χ0) is 14.5. The van der Waals surface area contributed by atoms with Crippen molar-refractivity contribution in [2.75, 3.05) is 24.5 Å². The molecule has 20 heavy (non-hydrogen) atoms. The highest BCUT2D eigenvalue weighted by molar-refractivity contribution is 5.97. The molecule has 0 radical (unpaired) electrons. The monoisotopic (exact) mass is 278 g/mol. The van der Waals surface area contributed by atoms with E-state index in [1.165, 1.54) is 4.90 Å². The summed E-state index contributed by atoms with van der Waals surface area (Å²) in [6, 6.07) is 6.97. The summed E-state index contributed by atoms with van der Waals surface area (Å²) >= 11 is 0. The Morgan fingerprint density at radius 2 is 2.20 bits per heavy atom. The molecule has 0 saturated carbocycles. The summed E-state index contributed by atoms with van der Waals surface area (Å²) in [6.45, 7) is 2.98. The molecule has 108 valence electrons. The molecule has 6 heteroatoms. The molecule has 0 aromatic heterocycles. The van der Waals surface area contributed by atoms with Gasteiger partial charge in [0.05, 0.1) is 18.8 Å². The minimum absolute atomic E-state index is 0.0268. The number of nitrogens with one attached hydrogen (secondary N) is 1. The van der Waals surface area contributed by atoms with Crippen LogP contribution in [0, 0.1) is 0 Å². The predicted molar refractivity (Wildman–Crippen MR) is 74.0 cm³/mol. The molecule has 6 nitrogen and oxygen atoms in total. The van der Waals surface area contributed by atoms with Crippen molar-refractivity contribution in [3.63, 3.8) is 0 Å². The summed E-state index contributed by atoms with van der Waals surface area (Å²) in [5.74, 6) is -0.797. The van der Waals surface area contributed by atoms with E-state index < -0.39 is 12.1 Å². The van der Waals surface area contributed by atoms with E-state index in [0.717, 1.165) is 13.0 Å². The van der Waals surface area contributed by atoms with Crippen LogP contribution in [0.25, 0.3) is 0 Å². The van der Waals surface area contributed by atoms with E-state index in [-0.39, 0.29) is 19.0 Å².